The number of nitrogens with one attached hydrogen (secondary N) is 1. The van der Waals surface area contributed by atoms with Crippen LogP contribution in [0.5, 0.6) is 0 Å². The first-order chi connectivity index (χ1) is 24.4. The van der Waals surface area contributed by atoms with Crippen molar-refractivity contribution in [3.8, 4) is 65.3 Å². The molecule has 226 valence electrons. The molecule has 3 aromatic carbocycles. The highest BCUT2D eigenvalue weighted by Gasteiger charge is 2.26. The van der Waals surface area contributed by atoms with Gasteiger partial charge in [-0.2, -0.15) is 36.8 Å². The summed E-state index contributed by atoms with van der Waals surface area (Å²) in [5, 5.41) is 69.0. The largest absolute Gasteiger partial charge is 0.340 e. The minimum Gasteiger partial charge on any atom is -0.340 e. The van der Waals surface area contributed by atoms with E-state index in [1.54, 1.807) is 42.5 Å². The monoisotopic (exact) mass is 642 g/mol. The molecule has 0 fully saturated rings. The molecule has 50 heavy (non-hydrogen) atoms. The van der Waals surface area contributed by atoms with Gasteiger partial charge in [0, 0.05) is 11.1 Å². The Balaban J connectivity index is 1.51. The number of allylic oxidation sites excluding steroid dienone is 2. The third kappa shape index (κ3) is 4.72. The van der Waals surface area contributed by atoms with Gasteiger partial charge in [0.15, 0.2) is 46.2 Å². The number of hydrogen-bond acceptors (Lipinski definition) is 15. The number of hydrogen-bond donors (Lipinski definition) is 1. The van der Waals surface area contributed by atoms with Crippen molar-refractivity contribution in [1.29, 1.82) is 36.8 Å². The highest BCUT2D eigenvalue weighted by atomic mass is 15.1. The van der Waals surface area contributed by atoms with Crippen molar-refractivity contribution in [3.63, 3.8) is 0 Å². The third-order valence-corrected chi connectivity index (χ3v) is 7.52. The molecule has 0 saturated carbocycles. The number of benzene rings is 3. The molecule has 16 heteroatoms. The number of nitriles is 7. The third-order valence-electron chi connectivity index (χ3n) is 7.52. The fourth-order valence-electron chi connectivity index (χ4n) is 5.24. The molecule has 2 aromatic heterocycles. The predicted molar refractivity (Wildman–Crippen MR) is 165 cm³/mol. The van der Waals surface area contributed by atoms with Gasteiger partial charge in [0.05, 0.1) is 38.9 Å². The van der Waals surface area contributed by atoms with E-state index in [0.29, 0.717) is 11.0 Å². The molecule has 0 saturated heterocycles. The Morgan fingerprint density at radius 2 is 1.10 bits per heavy atom. The van der Waals surface area contributed by atoms with Gasteiger partial charge >= 0.3 is 0 Å². The van der Waals surface area contributed by atoms with E-state index >= 15 is 0 Å². The van der Waals surface area contributed by atoms with Crippen molar-refractivity contribution in [2.24, 2.45) is 20.0 Å². The van der Waals surface area contributed by atoms with Crippen LogP contribution >= 0.6 is 0 Å². The lowest BCUT2D eigenvalue weighted by Crippen LogP contribution is -2.26. The molecule has 1 N–H and O–H groups in total. The van der Waals surface area contributed by atoms with Crippen LogP contribution in [0.15, 0.2) is 91.3 Å². The van der Waals surface area contributed by atoms with E-state index < -0.39 is 5.92 Å². The van der Waals surface area contributed by atoms with Crippen LogP contribution in [0.4, 0.5) is 0 Å². The topological polar surface area (TPSA) is 283 Å². The van der Waals surface area contributed by atoms with Gasteiger partial charge in [-0.25, -0.2) is 39.9 Å². The number of rotatable bonds is 4. The van der Waals surface area contributed by atoms with Gasteiger partial charge in [0.1, 0.15) is 53.0 Å². The normalized spacial score (nSPS) is 12.3. The van der Waals surface area contributed by atoms with E-state index in [9.17, 15) is 36.8 Å². The average Bonchev–Trinajstić information content (AvgIpc) is 3.89. The molecular weight excluding hydrogens is 632 g/mol. The zero-order chi connectivity index (χ0) is 34.9. The number of para-hydroxylation sites is 2. The number of imidazole rings is 1. The van der Waals surface area contributed by atoms with E-state index in [1.807, 2.05) is 6.07 Å². The van der Waals surface area contributed by atoms with Gasteiger partial charge in [-0.3, -0.25) is 0 Å². The van der Waals surface area contributed by atoms with E-state index in [4.69, 9.17) is 0 Å². The maximum Gasteiger partial charge on any atom is 0.182 e. The molecule has 0 radical (unpaired) electrons. The molecule has 2 aliphatic rings. The molecule has 1 atom stereocenters. The number of fused-ring (bicyclic) bond motifs is 3. The van der Waals surface area contributed by atoms with Crippen molar-refractivity contribution in [1.82, 2.24) is 24.9 Å². The predicted octanol–water partition coefficient (Wildman–Crippen LogP) is 1.50. The summed E-state index contributed by atoms with van der Waals surface area (Å²) in [7, 11) is 0. The molecule has 2 aliphatic heterocycles. The molecule has 0 amide bonds. The van der Waals surface area contributed by atoms with Crippen molar-refractivity contribution in [3.05, 3.63) is 116 Å². The maximum atomic E-state index is 10.4. The molecule has 7 rings (SSSR count). The summed E-state index contributed by atoms with van der Waals surface area (Å²) in [4.78, 5) is 38.5. The lowest BCUT2D eigenvalue weighted by molar-refractivity contribution is 0.827. The van der Waals surface area contributed by atoms with Crippen LogP contribution in [0.25, 0.3) is 33.8 Å². The first-order valence-electron chi connectivity index (χ1n) is 14.2. The smallest absolute Gasteiger partial charge is 0.182 e. The minimum absolute atomic E-state index is 0.0320. The molecular formula is C34H10N16. The zero-order valence-electron chi connectivity index (χ0n) is 24.9. The SMILES string of the molecule is N#CC(C#N)=C1N=c2ccc(-c3nc(-c4ccc5c(c4C#N)=NC(=C(C#N)C#N)N=5)nc(C(C#N)c4nc5ccccc5[nH]4)n3)c(C#N)c2=N1. The van der Waals surface area contributed by atoms with Crippen LogP contribution in [0.2, 0.25) is 0 Å². The van der Waals surface area contributed by atoms with Gasteiger partial charge in [-0.1, -0.05) is 12.1 Å². The lowest BCUT2D eigenvalue weighted by Gasteiger charge is -2.11. The number of nitrogens with zero attached hydrogens (tertiary/aromatic N) is 15. The Morgan fingerprint density at radius 3 is 1.56 bits per heavy atom. The molecule has 5 aromatic rings. The Morgan fingerprint density at radius 1 is 0.580 bits per heavy atom. The molecule has 0 aliphatic carbocycles. The molecule has 4 heterocycles. The van der Waals surface area contributed by atoms with Crippen LogP contribution in [-0.2, 0) is 0 Å². The van der Waals surface area contributed by atoms with E-state index in [2.05, 4.69) is 63.1 Å². The molecule has 1 unspecified atom stereocenters. The second kappa shape index (κ2) is 11.9. The van der Waals surface area contributed by atoms with Gasteiger partial charge in [-0.15, -0.1) is 0 Å². The molecule has 0 bridgehead atoms. The van der Waals surface area contributed by atoms with Crippen molar-refractivity contribution in [2.75, 3.05) is 0 Å². The lowest BCUT2D eigenvalue weighted by atomic mass is 10.0. The van der Waals surface area contributed by atoms with Crippen LogP contribution in [0, 0.1) is 79.3 Å². The van der Waals surface area contributed by atoms with Gasteiger partial charge in [-0.05, 0) is 36.4 Å². The second-order valence-electron chi connectivity index (χ2n) is 10.3. The summed E-state index contributed by atoms with van der Waals surface area (Å²) in [6.45, 7) is 0. The van der Waals surface area contributed by atoms with Crippen LogP contribution < -0.4 is 21.4 Å². The van der Waals surface area contributed by atoms with Crippen LogP contribution in [0.1, 0.15) is 28.7 Å². The Labute approximate surface area is 279 Å². The van der Waals surface area contributed by atoms with Gasteiger partial charge < -0.3 is 4.98 Å². The van der Waals surface area contributed by atoms with Crippen molar-refractivity contribution >= 4 is 11.0 Å². The van der Waals surface area contributed by atoms with Crippen LogP contribution in [-0.4, -0.2) is 24.9 Å². The van der Waals surface area contributed by atoms with E-state index in [0.717, 1.165) is 0 Å². The van der Waals surface area contributed by atoms with Gasteiger partial charge in [0.25, 0.3) is 0 Å². The summed E-state index contributed by atoms with van der Waals surface area (Å²) in [6, 6.07) is 26.5. The number of aromatic amines is 1. The van der Waals surface area contributed by atoms with Crippen LogP contribution in [0.3, 0.4) is 0 Å². The summed E-state index contributed by atoms with van der Waals surface area (Å²) >= 11 is 0. The number of aromatic nitrogens is 5. The molecule has 0 spiro atoms. The fraction of sp³-hybridized carbons (Fsp3) is 0.0294. The Bertz CT molecular complexity index is 2800. The quantitative estimate of drug-likeness (QED) is 0.274. The Hall–Kier alpha value is -8.75. The standard InChI is InChI=1S/C34H10N16/c35-9-16(10-36)29-44-25-7-5-18(20(13-39)27(25)46-29)31-48-32(19-6-8-26-28(21(19)14-40)47-30(45-26)17(11-37)12-38)50-34(49-31)22(15-41)33-42-23-3-1-2-4-24(23)43-33/h1-8,22H,(H,42,43). The fourth-order valence-corrected chi connectivity index (χ4v) is 5.24. The molecule has 16 nitrogen and oxygen atoms in total. The van der Waals surface area contributed by atoms with Crippen molar-refractivity contribution in [2.45, 2.75) is 5.92 Å². The minimum atomic E-state index is -1.17. The average molecular weight is 643 g/mol. The maximum absolute atomic E-state index is 10.4. The highest BCUT2D eigenvalue weighted by molar-refractivity contribution is 5.75. The van der Waals surface area contributed by atoms with E-state index in [-0.39, 0.29) is 89.8 Å². The summed E-state index contributed by atoms with van der Waals surface area (Å²) in [5.74, 6) is -1.46. The first-order valence-corrected chi connectivity index (χ1v) is 14.2. The van der Waals surface area contributed by atoms with Gasteiger partial charge in [0.2, 0.25) is 0 Å². The Kier molecular flexibility index (Phi) is 7.11. The van der Waals surface area contributed by atoms with E-state index in [1.165, 1.54) is 24.3 Å². The zero-order valence-corrected chi connectivity index (χ0v) is 24.9. The highest BCUT2D eigenvalue weighted by Crippen LogP contribution is 2.28. The second-order valence-corrected chi connectivity index (χ2v) is 10.3. The summed E-state index contributed by atoms with van der Waals surface area (Å²) < 4.78 is 0. The number of H-pyrrole nitrogens is 1. The van der Waals surface area contributed by atoms with Crippen molar-refractivity contribution < 1.29 is 0 Å². The summed E-state index contributed by atoms with van der Waals surface area (Å²) in [5.41, 5.74) is 0.832. The summed E-state index contributed by atoms with van der Waals surface area (Å²) in [6.07, 6.45) is 0. The first kappa shape index (κ1) is 29.9.